The fourth-order valence-electron chi connectivity index (χ4n) is 1.46. The Bertz CT molecular complexity index is 336. The lowest BCUT2D eigenvalue weighted by Gasteiger charge is -2.27. The maximum atomic E-state index is 12.7. The highest BCUT2D eigenvalue weighted by molar-refractivity contribution is 9.10. The van der Waals surface area contributed by atoms with Gasteiger partial charge in [-0.3, -0.25) is 4.90 Å². The van der Waals surface area contributed by atoms with Gasteiger partial charge in [-0.05, 0) is 31.8 Å². The summed E-state index contributed by atoms with van der Waals surface area (Å²) in [5.41, 5.74) is 0.238. The van der Waals surface area contributed by atoms with E-state index in [1.807, 2.05) is 0 Å². The van der Waals surface area contributed by atoms with Gasteiger partial charge in [0.05, 0.1) is 0 Å². The second-order valence-corrected chi connectivity index (χ2v) is 4.38. The van der Waals surface area contributed by atoms with Crippen molar-refractivity contribution >= 4 is 15.9 Å². The molecule has 0 amide bonds. The van der Waals surface area contributed by atoms with Gasteiger partial charge >= 0.3 is 6.18 Å². The maximum Gasteiger partial charge on any atom is 0.408 e. The summed E-state index contributed by atoms with van der Waals surface area (Å²) in [5, 5.41) is 0. The first kappa shape index (κ1) is 12.5. The molecule has 84 valence electrons. The Morgan fingerprint density at radius 3 is 2.27 bits per heavy atom. The topological polar surface area (TPSA) is 3.24 Å². The number of hydrogen-bond donors (Lipinski definition) is 0. The van der Waals surface area contributed by atoms with E-state index in [-0.39, 0.29) is 5.56 Å². The number of nitrogens with zero attached hydrogens (tertiary/aromatic N) is 1. The first-order valence-electron chi connectivity index (χ1n) is 4.31. The molecule has 0 heterocycles. The molecule has 1 aromatic rings. The second-order valence-electron chi connectivity index (χ2n) is 3.46. The lowest BCUT2D eigenvalue weighted by atomic mass is 10.1. The predicted octanol–water partition coefficient (Wildman–Crippen LogP) is 3.61. The van der Waals surface area contributed by atoms with Gasteiger partial charge in [0, 0.05) is 4.47 Å². The third-order valence-corrected chi connectivity index (χ3v) is 2.48. The zero-order valence-electron chi connectivity index (χ0n) is 8.35. The SMILES string of the molecule is CN(C)C(c1cccc(Br)c1)C(F)(F)F. The molecule has 0 bridgehead atoms. The number of hydrogen-bond acceptors (Lipinski definition) is 1. The van der Waals surface area contributed by atoms with Crippen LogP contribution in [0.2, 0.25) is 0 Å². The van der Waals surface area contributed by atoms with Gasteiger partial charge in [-0.15, -0.1) is 0 Å². The summed E-state index contributed by atoms with van der Waals surface area (Å²) in [7, 11) is 2.83. The third-order valence-electron chi connectivity index (χ3n) is 1.99. The zero-order chi connectivity index (χ0) is 11.6. The van der Waals surface area contributed by atoms with E-state index in [0.29, 0.717) is 4.47 Å². The molecule has 0 radical (unpaired) electrons. The van der Waals surface area contributed by atoms with Crippen LogP contribution in [0.25, 0.3) is 0 Å². The molecule has 0 spiro atoms. The summed E-state index contributed by atoms with van der Waals surface area (Å²) in [5.74, 6) is 0. The minimum atomic E-state index is -4.26. The fraction of sp³-hybridized carbons (Fsp3) is 0.400. The van der Waals surface area contributed by atoms with Crippen molar-refractivity contribution < 1.29 is 13.2 Å². The monoisotopic (exact) mass is 281 g/mol. The highest BCUT2D eigenvalue weighted by atomic mass is 79.9. The van der Waals surface area contributed by atoms with Crippen molar-refractivity contribution in [1.82, 2.24) is 4.90 Å². The van der Waals surface area contributed by atoms with Gasteiger partial charge in [-0.2, -0.15) is 13.2 Å². The van der Waals surface area contributed by atoms with E-state index < -0.39 is 12.2 Å². The van der Waals surface area contributed by atoms with Crippen LogP contribution < -0.4 is 0 Å². The Hall–Kier alpha value is -0.550. The Labute approximate surface area is 95.0 Å². The summed E-state index contributed by atoms with van der Waals surface area (Å²) in [6.45, 7) is 0. The number of alkyl halides is 3. The summed E-state index contributed by atoms with van der Waals surface area (Å²) in [4.78, 5) is 1.15. The highest BCUT2D eigenvalue weighted by Gasteiger charge is 2.42. The van der Waals surface area contributed by atoms with Crippen LogP contribution in [-0.4, -0.2) is 25.2 Å². The Balaban J connectivity index is 3.11. The average molecular weight is 282 g/mol. The van der Waals surface area contributed by atoms with E-state index in [2.05, 4.69) is 15.9 Å². The molecule has 1 nitrogen and oxygen atoms in total. The van der Waals surface area contributed by atoms with Crippen LogP contribution in [0.5, 0.6) is 0 Å². The molecule has 0 aliphatic heterocycles. The van der Waals surface area contributed by atoms with E-state index in [1.54, 1.807) is 12.1 Å². The van der Waals surface area contributed by atoms with Crippen LogP contribution in [0.15, 0.2) is 28.7 Å². The van der Waals surface area contributed by atoms with E-state index in [0.717, 1.165) is 4.90 Å². The number of halogens is 4. The van der Waals surface area contributed by atoms with Gasteiger partial charge < -0.3 is 0 Å². The summed E-state index contributed by atoms with van der Waals surface area (Å²) < 4.78 is 38.8. The molecule has 0 saturated carbocycles. The van der Waals surface area contributed by atoms with Crippen molar-refractivity contribution in [1.29, 1.82) is 0 Å². The Kier molecular flexibility index (Phi) is 3.78. The van der Waals surface area contributed by atoms with Gasteiger partial charge in [0.1, 0.15) is 6.04 Å². The lowest BCUT2D eigenvalue weighted by molar-refractivity contribution is -0.179. The quantitative estimate of drug-likeness (QED) is 0.801. The molecular formula is C10H11BrF3N. The summed E-state index contributed by atoms with van der Waals surface area (Å²) in [6.07, 6.45) is -4.26. The van der Waals surface area contributed by atoms with Crippen LogP contribution in [0.1, 0.15) is 11.6 Å². The smallest absolute Gasteiger partial charge is 0.295 e. The molecule has 0 N–H and O–H groups in total. The van der Waals surface area contributed by atoms with E-state index in [1.165, 1.54) is 26.2 Å². The molecule has 0 aromatic heterocycles. The second kappa shape index (κ2) is 4.53. The molecule has 0 fully saturated rings. The maximum absolute atomic E-state index is 12.7. The van der Waals surface area contributed by atoms with Crippen LogP contribution >= 0.6 is 15.9 Å². The minimum absolute atomic E-state index is 0.238. The molecule has 1 rings (SSSR count). The van der Waals surface area contributed by atoms with E-state index >= 15 is 0 Å². The largest absolute Gasteiger partial charge is 0.408 e. The lowest BCUT2D eigenvalue weighted by Crippen LogP contribution is -2.33. The third kappa shape index (κ3) is 3.21. The number of benzene rings is 1. The van der Waals surface area contributed by atoms with Crippen LogP contribution in [0.3, 0.4) is 0 Å². The van der Waals surface area contributed by atoms with Crippen LogP contribution in [-0.2, 0) is 0 Å². The van der Waals surface area contributed by atoms with E-state index in [4.69, 9.17) is 0 Å². The Morgan fingerprint density at radius 1 is 1.27 bits per heavy atom. The van der Waals surface area contributed by atoms with Gasteiger partial charge in [-0.25, -0.2) is 0 Å². The van der Waals surface area contributed by atoms with Crippen molar-refractivity contribution in [2.75, 3.05) is 14.1 Å². The van der Waals surface area contributed by atoms with Crippen molar-refractivity contribution in [3.63, 3.8) is 0 Å². The molecular weight excluding hydrogens is 271 g/mol. The normalized spacial score (nSPS) is 14.3. The number of rotatable bonds is 2. The Morgan fingerprint density at radius 2 is 1.87 bits per heavy atom. The van der Waals surface area contributed by atoms with Gasteiger partial charge in [0.25, 0.3) is 0 Å². The molecule has 5 heteroatoms. The van der Waals surface area contributed by atoms with Crippen molar-refractivity contribution in [2.24, 2.45) is 0 Å². The first-order valence-corrected chi connectivity index (χ1v) is 5.10. The molecule has 0 saturated heterocycles. The average Bonchev–Trinajstić information content (AvgIpc) is 1.99. The molecule has 0 aliphatic rings. The van der Waals surface area contributed by atoms with Crippen molar-refractivity contribution in [3.8, 4) is 0 Å². The first-order chi connectivity index (χ1) is 6.82. The molecule has 0 aliphatic carbocycles. The zero-order valence-corrected chi connectivity index (χ0v) is 9.93. The van der Waals surface area contributed by atoms with Crippen LogP contribution in [0, 0.1) is 0 Å². The van der Waals surface area contributed by atoms with Crippen molar-refractivity contribution in [2.45, 2.75) is 12.2 Å². The molecule has 1 aromatic carbocycles. The summed E-state index contributed by atoms with van der Waals surface area (Å²) in [6, 6.07) is 4.70. The molecule has 1 unspecified atom stereocenters. The summed E-state index contributed by atoms with van der Waals surface area (Å²) >= 11 is 3.16. The fourth-order valence-corrected chi connectivity index (χ4v) is 1.87. The standard InChI is InChI=1S/C10H11BrF3N/c1-15(2)9(10(12,13)14)7-4-3-5-8(11)6-7/h3-6,9H,1-2H3. The minimum Gasteiger partial charge on any atom is -0.295 e. The highest BCUT2D eigenvalue weighted by Crippen LogP contribution is 2.36. The van der Waals surface area contributed by atoms with Gasteiger partial charge in [0.2, 0.25) is 0 Å². The van der Waals surface area contributed by atoms with Gasteiger partial charge in [-0.1, -0.05) is 28.1 Å². The molecule has 15 heavy (non-hydrogen) atoms. The van der Waals surface area contributed by atoms with Gasteiger partial charge in [0.15, 0.2) is 0 Å². The van der Waals surface area contributed by atoms with Crippen LogP contribution in [0.4, 0.5) is 13.2 Å². The predicted molar refractivity (Wildman–Crippen MR) is 56.6 cm³/mol. The molecule has 1 atom stereocenters. The van der Waals surface area contributed by atoms with E-state index in [9.17, 15) is 13.2 Å². The van der Waals surface area contributed by atoms with Crippen molar-refractivity contribution in [3.05, 3.63) is 34.3 Å².